The number of benzene rings is 1. The fraction of sp³-hybridized carbons (Fsp3) is 0.417. The second-order valence-electron chi connectivity index (χ2n) is 8.95. The molecule has 2 rings (SSSR count). The number of aliphatic carboxylic acids is 2. The van der Waals surface area contributed by atoms with E-state index in [4.69, 9.17) is 16.6 Å². The molecule has 1 aromatic carbocycles. The number of amides is 4. The lowest BCUT2D eigenvalue weighted by atomic mass is 10.0. The first-order valence-corrected chi connectivity index (χ1v) is 11.9. The molecule has 11 N–H and O–H groups in total. The Kier molecular flexibility index (Phi) is 10.9. The number of aliphatic hydroxyl groups excluding tert-OH is 1. The highest BCUT2D eigenvalue weighted by atomic mass is 16.4. The average Bonchev–Trinajstić information content (AvgIpc) is 3.27. The normalized spacial score (nSPS) is 14.8. The molecule has 0 fully saturated rings. The molecule has 4 amide bonds. The van der Waals surface area contributed by atoms with Gasteiger partial charge >= 0.3 is 11.9 Å². The number of rotatable bonds is 15. The van der Waals surface area contributed by atoms with Crippen LogP contribution in [0.2, 0.25) is 0 Å². The topological polar surface area (TPSA) is 267 Å². The second-order valence-corrected chi connectivity index (χ2v) is 8.95. The van der Waals surface area contributed by atoms with Crippen molar-refractivity contribution in [3.8, 4) is 0 Å². The lowest BCUT2D eigenvalue weighted by Gasteiger charge is -2.25. The van der Waals surface area contributed by atoms with Gasteiger partial charge in [-0.3, -0.25) is 24.0 Å². The van der Waals surface area contributed by atoms with Gasteiger partial charge in [-0.25, -0.2) is 4.79 Å². The summed E-state index contributed by atoms with van der Waals surface area (Å²) in [7, 11) is 0. The van der Waals surface area contributed by atoms with Crippen molar-refractivity contribution in [2.24, 2.45) is 11.5 Å². The van der Waals surface area contributed by atoms with Gasteiger partial charge in [0.15, 0.2) is 0 Å². The first kappa shape index (κ1) is 30.7. The molecule has 5 unspecified atom stereocenters. The number of para-hydroxylation sites is 1. The SMILES string of the molecule is CC(O)C(N)C(=O)NC(CCC(=O)O)C(=O)NC(Cc1c[nH]c2ccccc12)C(=O)NC(CC(N)=O)C(=O)O. The van der Waals surface area contributed by atoms with Gasteiger partial charge in [-0.15, -0.1) is 0 Å². The predicted octanol–water partition coefficient (Wildman–Crippen LogP) is -2.30. The van der Waals surface area contributed by atoms with Gasteiger partial charge in [0.1, 0.15) is 24.2 Å². The van der Waals surface area contributed by atoms with Crippen molar-refractivity contribution in [2.75, 3.05) is 0 Å². The van der Waals surface area contributed by atoms with Crippen molar-refractivity contribution in [1.29, 1.82) is 0 Å². The van der Waals surface area contributed by atoms with E-state index < -0.39 is 78.7 Å². The standard InChI is InChI=1S/C24H32N6O9/c1-11(31)20(26)23(37)28-15(6-7-19(33)34)21(35)29-16(22(36)30-17(24(38)39)9-18(25)32)8-12-10-27-14-5-3-2-4-13(12)14/h2-5,10-11,15-17,20,27,31H,6-9,26H2,1H3,(H2,25,32)(H,28,37)(H,29,35)(H,30,36)(H,33,34)(H,38,39). The minimum Gasteiger partial charge on any atom is -0.481 e. The molecule has 212 valence electrons. The van der Waals surface area contributed by atoms with Gasteiger partial charge in [0.2, 0.25) is 23.6 Å². The third-order valence-corrected chi connectivity index (χ3v) is 5.85. The Bertz CT molecular complexity index is 1230. The van der Waals surface area contributed by atoms with Crippen molar-refractivity contribution < 1.29 is 44.1 Å². The van der Waals surface area contributed by atoms with Gasteiger partial charge in [0.05, 0.1) is 12.5 Å². The fourth-order valence-corrected chi connectivity index (χ4v) is 3.70. The van der Waals surface area contributed by atoms with Crippen LogP contribution in [0, 0.1) is 0 Å². The van der Waals surface area contributed by atoms with Crippen molar-refractivity contribution in [3.05, 3.63) is 36.0 Å². The lowest BCUT2D eigenvalue weighted by Crippen LogP contribution is -2.58. The summed E-state index contributed by atoms with van der Waals surface area (Å²) in [6.45, 7) is 1.25. The maximum atomic E-state index is 13.2. The summed E-state index contributed by atoms with van der Waals surface area (Å²) in [6, 6.07) is 1.11. The molecular weight excluding hydrogens is 516 g/mol. The Morgan fingerprint density at radius 3 is 2.10 bits per heavy atom. The molecule has 15 heteroatoms. The molecule has 0 spiro atoms. The molecule has 2 aromatic rings. The van der Waals surface area contributed by atoms with Gasteiger partial charge < -0.3 is 47.7 Å². The summed E-state index contributed by atoms with van der Waals surface area (Å²) in [4.78, 5) is 75.7. The monoisotopic (exact) mass is 548 g/mol. The molecule has 0 aliphatic heterocycles. The summed E-state index contributed by atoms with van der Waals surface area (Å²) in [5, 5.41) is 35.6. The zero-order valence-electron chi connectivity index (χ0n) is 21.0. The molecule has 0 aliphatic rings. The highest BCUT2D eigenvalue weighted by Crippen LogP contribution is 2.19. The largest absolute Gasteiger partial charge is 0.481 e. The Balaban J connectivity index is 2.35. The van der Waals surface area contributed by atoms with Gasteiger partial charge in [-0.2, -0.15) is 0 Å². The molecule has 0 radical (unpaired) electrons. The molecular formula is C24H32N6O9. The van der Waals surface area contributed by atoms with Crippen LogP contribution in [0.1, 0.15) is 31.7 Å². The number of aromatic nitrogens is 1. The molecule has 1 heterocycles. The molecule has 0 saturated heterocycles. The van der Waals surface area contributed by atoms with E-state index in [1.165, 1.54) is 6.92 Å². The third kappa shape index (κ3) is 9.08. The number of hydrogen-bond donors (Lipinski definition) is 9. The highest BCUT2D eigenvalue weighted by molar-refractivity contribution is 5.95. The van der Waals surface area contributed by atoms with Crippen LogP contribution in [0.15, 0.2) is 30.5 Å². The quantitative estimate of drug-likeness (QED) is 0.115. The number of H-pyrrole nitrogens is 1. The maximum Gasteiger partial charge on any atom is 0.326 e. The van der Waals surface area contributed by atoms with E-state index in [1.54, 1.807) is 30.5 Å². The van der Waals surface area contributed by atoms with Crippen LogP contribution in [-0.2, 0) is 35.2 Å². The van der Waals surface area contributed by atoms with Crippen LogP contribution in [0.4, 0.5) is 0 Å². The van der Waals surface area contributed by atoms with Gasteiger partial charge in [-0.05, 0) is 25.0 Å². The first-order chi connectivity index (χ1) is 18.3. The van der Waals surface area contributed by atoms with Crippen LogP contribution in [0.25, 0.3) is 10.9 Å². The Morgan fingerprint density at radius 2 is 1.51 bits per heavy atom. The van der Waals surface area contributed by atoms with Crippen molar-refractivity contribution in [3.63, 3.8) is 0 Å². The number of primary amides is 1. The number of fused-ring (bicyclic) bond motifs is 1. The number of carbonyl (C=O) groups is 6. The van der Waals surface area contributed by atoms with Crippen LogP contribution in [-0.4, -0.2) is 86.1 Å². The first-order valence-electron chi connectivity index (χ1n) is 11.9. The van der Waals surface area contributed by atoms with Crippen molar-refractivity contribution >= 4 is 46.5 Å². The van der Waals surface area contributed by atoms with E-state index in [1.807, 2.05) is 0 Å². The molecule has 0 saturated carbocycles. The Labute approximate surface area is 222 Å². The van der Waals surface area contributed by atoms with E-state index in [9.17, 15) is 39.0 Å². The van der Waals surface area contributed by atoms with Crippen molar-refractivity contribution in [2.45, 2.75) is 62.9 Å². The Hall–Kier alpha value is -4.50. The number of carboxylic acids is 2. The number of nitrogens with two attached hydrogens (primary N) is 2. The van der Waals surface area contributed by atoms with E-state index in [2.05, 4.69) is 20.9 Å². The smallest absolute Gasteiger partial charge is 0.326 e. The molecule has 0 aliphatic carbocycles. The minimum absolute atomic E-state index is 0.142. The maximum absolute atomic E-state index is 13.2. The predicted molar refractivity (Wildman–Crippen MR) is 136 cm³/mol. The summed E-state index contributed by atoms with van der Waals surface area (Å²) in [5.41, 5.74) is 12.0. The lowest BCUT2D eigenvalue weighted by molar-refractivity contribution is -0.143. The van der Waals surface area contributed by atoms with E-state index in [0.29, 0.717) is 5.56 Å². The third-order valence-electron chi connectivity index (χ3n) is 5.85. The zero-order chi connectivity index (χ0) is 29.3. The number of nitrogens with one attached hydrogen (secondary N) is 4. The number of aromatic amines is 1. The van der Waals surface area contributed by atoms with E-state index in [0.717, 1.165) is 10.9 Å². The molecule has 1 aromatic heterocycles. The number of hydrogen-bond acceptors (Lipinski definition) is 8. The molecule has 0 bridgehead atoms. The van der Waals surface area contributed by atoms with Crippen LogP contribution < -0.4 is 27.4 Å². The van der Waals surface area contributed by atoms with Crippen LogP contribution in [0.5, 0.6) is 0 Å². The second kappa shape index (κ2) is 13.9. The van der Waals surface area contributed by atoms with E-state index >= 15 is 0 Å². The summed E-state index contributed by atoms with van der Waals surface area (Å²) >= 11 is 0. The fourth-order valence-electron chi connectivity index (χ4n) is 3.70. The number of aliphatic hydroxyl groups is 1. The van der Waals surface area contributed by atoms with Crippen LogP contribution in [0.3, 0.4) is 0 Å². The number of carboxylic acid groups (broad SMARTS) is 2. The zero-order valence-corrected chi connectivity index (χ0v) is 21.0. The van der Waals surface area contributed by atoms with Gasteiger partial charge in [0, 0.05) is 29.9 Å². The minimum atomic E-state index is -1.68. The Morgan fingerprint density at radius 1 is 0.923 bits per heavy atom. The van der Waals surface area contributed by atoms with Crippen LogP contribution >= 0.6 is 0 Å². The molecule has 5 atom stereocenters. The summed E-state index contributed by atoms with van der Waals surface area (Å²) in [6.07, 6.45) is -1.42. The highest BCUT2D eigenvalue weighted by Gasteiger charge is 2.32. The summed E-state index contributed by atoms with van der Waals surface area (Å²) in [5.74, 6) is -6.62. The average molecular weight is 549 g/mol. The van der Waals surface area contributed by atoms with Crippen molar-refractivity contribution in [1.82, 2.24) is 20.9 Å². The number of carbonyl (C=O) groups excluding carboxylic acids is 4. The molecule has 15 nitrogen and oxygen atoms in total. The molecule has 39 heavy (non-hydrogen) atoms. The summed E-state index contributed by atoms with van der Waals surface area (Å²) < 4.78 is 0. The van der Waals surface area contributed by atoms with Gasteiger partial charge in [0.25, 0.3) is 0 Å². The van der Waals surface area contributed by atoms with Gasteiger partial charge in [-0.1, -0.05) is 18.2 Å². The van der Waals surface area contributed by atoms with E-state index in [-0.39, 0.29) is 12.8 Å².